The molecule has 2 aromatic heterocycles. The molecule has 1 saturated heterocycles. The molecule has 0 aliphatic carbocycles. The largest absolute Gasteiger partial charge is 0.496 e. The molecule has 4 rings (SSSR count). The van der Waals surface area contributed by atoms with E-state index in [2.05, 4.69) is 9.97 Å². The second kappa shape index (κ2) is 8.61. The lowest BCUT2D eigenvalue weighted by molar-refractivity contribution is -0.141. The molecule has 3 heterocycles. The number of carbonyl (C=O) groups excluding carboxylic acids is 1. The number of benzene rings is 1. The molecule has 0 saturated carbocycles. The van der Waals surface area contributed by atoms with E-state index in [-0.39, 0.29) is 11.8 Å². The number of ether oxygens (including phenoxy) is 1. The predicted molar refractivity (Wildman–Crippen MR) is 111 cm³/mol. The molecule has 0 spiro atoms. The minimum absolute atomic E-state index is 0.109. The number of rotatable bonds is 5. The molecule has 0 unspecified atom stereocenters. The van der Waals surface area contributed by atoms with Gasteiger partial charge in [-0.3, -0.25) is 4.79 Å². The van der Waals surface area contributed by atoms with Crippen molar-refractivity contribution >= 4 is 16.9 Å². The number of H-pyrrole nitrogens is 1. The Balaban J connectivity index is 1.35. The summed E-state index contributed by atoms with van der Waals surface area (Å²) in [4.78, 5) is 21.5. The van der Waals surface area contributed by atoms with Gasteiger partial charge < -0.3 is 14.6 Å². The number of piperidine rings is 1. The number of likely N-dealkylation sites (tertiary alicyclic amines) is 1. The van der Waals surface area contributed by atoms with Crippen molar-refractivity contribution in [3.05, 3.63) is 59.4 Å². The van der Waals surface area contributed by atoms with Crippen LogP contribution in [0.1, 0.15) is 42.1 Å². The van der Waals surface area contributed by atoms with Crippen LogP contribution >= 0.6 is 0 Å². The Labute approximate surface area is 178 Å². The number of aryl methyl sites for hydroxylation is 1. The molecular weight excluding hydrogens is 407 g/mol. The molecule has 5 nitrogen and oxygen atoms in total. The molecule has 3 aromatic rings. The summed E-state index contributed by atoms with van der Waals surface area (Å²) in [6.45, 7) is 1.26. The first-order chi connectivity index (χ1) is 14.8. The van der Waals surface area contributed by atoms with E-state index < -0.39 is 11.9 Å². The van der Waals surface area contributed by atoms with Crippen molar-refractivity contribution < 1.29 is 22.7 Å². The molecule has 1 aromatic carbocycles. The normalized spacial score (nSPS) is 15.4. The maximum Gasteiger partial charge on any atom is 0.433 e. The third-order valence-electron chi connectivity index (χ3n) is 5.87. The number of nitrogens with one attached hydrogen (secondary N) is 1. The molecule has 1 aliphatic heterocycles. The number of pyridine rings is 1. The Bertz CT molecular complexity index is 1070. The van der Waals surface area contributed by atoms with Crippen LogP contribution in [0, 0.1) is 0 Å². The number of aromatic amines is 1. The molecule has 1 fully saturated rings. The van der Waals surface area contributed by atoms with Crippen molar-refractivity contribution in [1.29, 1.82) is 0 Å². The van der Waals surface area contributed by atoms with Gasteiger partial charge in [0.05, 0.1) is 18.1 Å². The van der Waals surface area contributed by atoms with Gasteiger partial charge in [-0.25, -0.2) is 4.98 Å². The molecule has 1 amide bonds. The number of carbonyl (C=O) groups is 1. The number of nitrogens with zero attached hydrogens (tertiary/aromatic N) is 2. The van der Waals surface area contributed by atoms with E-state index in [1.165, 1.54) is 6.07 Å². The standard InChI is InChI=1S/C23H24F3N3O2/c1-31-20-5-3-2-4-16(20)6-9-22(30)29-12-10-15(11-13-29)18-14-19-17(27-18)7-8-21(28-19)23(24,25)26/h2-5,7-8,14-15,27H,6,9-13H2,1H3. The Kier molecular flexibility index (Phi) is 5.89. The van der Waals surface area contributed by atoms with Gasteiger partial charge in [0.15, 0.2) is 0 Å². The summed E-state index contributed by atoms with van der Waals surface area (Å²) in [5, 5.41) is 0. The fraction of sp³-hybridized carbons (Fsp3) is 0.391. The van der Waals surface area contributed by atoms with Gasteiger partial charge in [0.1, 0.15) is 11.4 Å². The Morgan fingerprint density at radius 3 is 2.65 bits per heavy atom. The predicted octanol–water partition coefficient (Wildman–Crippen LogP) is 4.93. The second-order valence-electron chi connectivity index (χ2n) is 7.82. The Morgan fingerprint density at radius 2 is 1.94 bits per heavy atom. The third kappa shape index (κ3) is 4.68. The third-order valence-corrected chi connectivity index (χ3v) is 5.87. The second-order valence-corrected chi connectivity index (χ2v) is 7.82. The monoisotopic (exact) mass is 431 g/mol. The Hall–Kier alpha value is -3.03. The van der Waals surface area contributed by atoms with Gasteiger partial charge in [-0.05, 0) is 49.1 Å². The van der Waals surface area contributed by atoms with Crippen LogP contribution in [0.4, 0.5) is 13.2 Å². The van der Waals surface area contributed by atoms with E-state index in [1.54, 1.807) is 13.2 Å². The number of hydrogen-bond donors (Lipinski definition) is 1. The van der Waals surface area contributed by atoms with Crippen molar-refractivity contribution in [1.82, 2.24) is 14.9 Å². The molecule has 164 valence electrons. The van der Waals surface area contributed by atoms with E-state index in [0.717, 1.165) is 35.9 Å². The van der Waals surface area contributed by atoms with Gasteiger partial charge in [-0.2, -0.15) is 13.2 Å². The maximum absolute atomic E-state index is 12.9. The lowest BCUT2D eigenvalue weighted by Gasteiger charge is -2.31. The van der Waals surface area contributed by atoms with Crippen LogP contribution < -0.4 is 4.74 Å². The lowest BCUT2D eigenvalue weighted by atomic mass is 9.93. The van der Waals surface area contributed by atoms with Crippen LogP contribution in [-0.2, 0) is 17.4 Å². The number of para-hydroxylation sites is 1. The zero-order valence-electron chi connectivity index (χ0n) is 17.2. The topological polar surface area (TPSA) is 58.2 Å². The van der Waals surface area contributed by atoms with Crippen LogP contribution in [0.2, 0.25) is 0 Å². The fourth-order valence-corrected chi connectivity index (χ4v) is 4.16. The average Bonchev–Trinajstić information content (AvgIpc) is 3.20. The molecule has 1 aliphatic rings. The molecule has 8 heteroatoms. The van der Waals surface area contributed by atoms with Gasteiger partial charge in [-0.1, -0.05) is 18.2 Å². The number of fused-ring (bicyclic) bond motifs is 1. The number of methoxy groups -OCH3 is 1. The maximum atomic E-state index is 12.9. The van der Waals surface area contributed by atoms with Crippen LogP contribution in [0.3, 0.4) is 0 Å². The van der Waals surface area contributed by atoms with Gasteiger partial charge in [0.2, 0.25) is 5.91 Å². The first-order valence-corrected chi connectivity index (χ1v) is 10.3. The molecule has 1 N–H and O–H groups in total. The van der Waals surface area contributed by atoms with E-state index in [1.807, 2.05) is 29.2 Å². The van der Waals surface area contributed by atoms with Gasteiger partial charge in [0.25, 0.3) is 0 Å². The van der Waals surface area contributed by atoms with Gasteiger partial charge in [0, 0.05) is 31.1 Å². The zero-order chi connectivity index (χ0) is 22.0. The fourth-order valence-electron chi connectivity index (χ4n) is 4.16. The summed E-state index contributed by atoms with van der Waals surface area (Å²) < 4.78 is 44.0. The highest BCUT2D eigenvalue weighted by atomic mass is 19.4. The van der Waals surface area contributed by atoms with E-state index in [4.69, 9.17) is 4.74 Å². The van der Waals surface area contributed by atoms with Gasteiger partial charge >= 0.3 is 6.18 Å². The van der Waals surface area contributed by atoms with Crippen molar-refractivity contribution in [3.8, 4) is 5.75 Å². The molecule has 0 atom stereocenters. The average molecular weight is 431 g/mol. The molecule has 0 radical (unpaired) electrons. The van der Waals surface area contributed by atoms with Crippen molar-refractivity contribution in [2.45, 2.75) is 37.8 Å². The Morgan fingerprint density at radius 1 is 1.19 bits per heavy atom. The summed E-state index contributed by atoms with van der Waals surface area (Å²) in [5.41, 5.74) is 1.92. The SMILES string of the molecule is COc1ccccc1CCC(=O)N1CCC(c2cc3nc(C(F)(F)F)ccc3[nH]2)CC1. The number of aromatic nitrogens is 2. The van der Waals surface area contributed by atoms with E-state index in [0.29, 0.717) is 37.0 Å². The quantitative estimate of drug-likeness (QED) is 0.623. The number of amides is 1. The van der Waals surface area contributed by atoms with Crippen LogP contribution in [-0.4, -0.2) is 41.0 Å². The van der Waals surface area contributed by atoms with Crippen molar-refractivity contribution in [3.63, 3.8) is 0 Å². The zero-order valence-corrected chi connectivity index (χ0v) is 17.2. The first kappa shape index (κ1) is 21.2. The van der Waals surface area contributed by atoms with Gasteiger partial charge in [-0.15, -0.1) is 0 Å². The van der Waals surface area contributed by atoms with E-state index in [9.17, 15) is 18.0 Å². The summed E-state index contributed by atoms with van der Waals surface area (Å²) in [7, 11) is 1.62. The molecular formula is C23H24F3N3O2. The molecule has 31 heavy (non-hydrogen) atoms. The highest BCUT2D eigenvalue weighted by Gasteiger charge is 2.33. The summed E-state index contributed by atoms with van der Waals surface area (Å²) in [6, 6.07) is 11.8. The smallest absolute Gasteiger partial charge is 0.433 e. The van der Waals surface area contributed by atoms with Crippen molar-refractivity contribution in [2.75, 3.05) is 20.2 Å². The minimum atomic E-state index is -4.46. The number of halogens is 3. The number of alkyl halides is 3. The van der Waals surface area contributed by atoms with Crippen LogP contribution in [0.5, 0.6) is 5.75 Å². The molecule has 0 bridgehead atoms. The highest BCUT2D eigenvalue weighted by molar-refractivity contribution is 5.77. The number of hydrogen-bond acceptors (Lipinski definition) is 3. The van der Waals surface area contributed by atoms with Crippen molar-refractivity contribution in [2.24, 2.45) is 0 Å². The highest BCUT2D eigenvalue weighted by Crippen LogP contribution is 2.32. The lowest BCUT2D eigenvalue weighted by Crippen LogP contribution is -2.38. The van der Waals surface area contributed by atoms with Crippen LogP contribution in [0.15, 0.2) is 42.5 Å². The minimum Gasteiger partial charge on any atom is -0.496 e. The summed E-state index contributed by atoms with van der Waals surface area (Å²) >= 11 is 0. The summed E-state index contributed by atoms with van der Waals surface area (Å²) in [5.74, 6) is 1.06. The first-order valence-electron chi connectivity index (χ1n) is 10.3. The van der Waals surface area contributed by atoms with E-state index >= 15 is 0 Å². The summed E-state index contributed by atoms with van der Waals surface area (Å²) in [6.07, 6.45) is -1.89. The van der Waals surface area contributed by atoms with Crippen LogP contribution in [0.25, 0.3) is 11.0 Å².